The molecule has 1 aromatic carbocycles. The van der Waals surface area contributed by atoms with Crippen LogP contribution in [0.5, 0.6) is 0 Å². The predicted octanol–water partition coefficient (Wildman–Crippen LogP) is -0.399. The van der Waals surface area contributed by atoms with Gasteiger partial charge in [-0.3, -0.25) is 4.79 Å². The summed E-state index contributed by atoms with van der Waals surface area (Å²) in [6.45, 7) is 2.19. The van der Waals surface area contributed by atoms with Gasteiger partial charge < -0.3 is 19.7 Å². The van der Waals surface area contributed by atoms with Gasteiger partial charge in [-0.15, -0.1) is 0 Å². The van der Waals surface area contributed by atoms with Crippen LogP contribution in [0.3, 0.4) is 0 Å². The van der Waals surface area contributed by atoms with Crippen molar-refractivity contribution >= 4 is 34.4 Å². The third-order valence-corrected chi connectivity index (χ3v) is 3.22. The summed E-state index contributed by atoms with van der Waals surface area (Å²) in [4.78, 5) is 13.9. The highest BCUT2D eigenvalue weighted by Gasteiger charge is 2.21. The van der Waals surface area contributed by atoms with Crippen LogP contribution in [0.2, 0.25) is 0 Å². The minimum absolute atomic E-state index is 0.124. The molecule has 0 radical (unpaired) electrons. The molecule has 0 aliphatic carbocycles. The highest BCUT2D eigenvalue weighted by Crippen LogP contribution is 2.13. The summed E-state index contributed by atoms with van der Waals surface area (Å²) < 4.78 is 5.83. The first-order valence-corrected chi connectivity index (χ1v) is 6.41. The van der Waals surface area contributed by atoms with Gasteiger partial charge in [0, 0.05) is 23.1 Å². The van der Waals surface area contributed by atoms with Crippen molar-refractivity contribution in [3.8, 4) is 0 Å². The van der Waals surface area contributed by atoms with E-state index in [-0.39, 0.29) is 5.91 Å². The molecule has 5 nitrogen and oxygen atoms in total. The van der Waals surface area contributed by atoms with E-state index >= 15 is 0 Å². The molecule has 0 unspecified atom stereocenters. The van der Waals surface area contributed by atoms with Crippen molar-refractivity contribution < 1.29 is 19.6 Å². The third kappa shape index (κ3) is 3.11. The van der Waals surface area contributed by atoms with Crippen molar-refractivity contribution in [3.63, 3.8) is 0 Å². The summed E-state index contributed by atoms with van der Waals surface area (Å²) in [6, 6.07) is 4.73. The number of carbonyl (C=O) groups is 1. The number of hydrogen-bond donors (Lipinski definition) is 2. The first-order valence-electron chi connectivity index (χ1n) is 5.61. The summed E-state index contributed by atoms with van der Waals surface area (Å²) in [5, 5.41) is 18.3. The molecule has 0 spiro atoms. The molecule has 1 heterocycles. The summed E-state index contributed by atoms with van der Waals surface area (Å²) in [5.41, 5.74) is 0.732. The number of amides is 1. The molecule has 1 saturated heterocycles. The van der Waals surface area contributed by atoms with Gasteiger partial charge in [0.25, 0.3) is 5.91 Å². The van der Waals surface area contributed by atoms with Gasteiger partial charge in [0.2, 0.25) is 0 Å². The summed E-state index contributed by atoms with van der Waals surface area (Å²) in [5.74, 6) is -0.124. The quantitative estimate of drug-likeness (QED) is 0.729. The van der Waals surface area contributed by atoms with E-state index in [1.54, 1.807) is 17.0 Å². The summed E-state index contributed by atoms with van der Waals surface area (Å²) in [6.07, 6.45) is 0. The highest BCUT2D eigenvalue weighted by atomic mass is 79.9. The molecule has 1 aliphatic heterocycles. The second-order valence-corrected chi connectivity index (χ2v) is 4.97. The Kier molecular flexibility index (Phi) is 4.39. The van der Waals surface area contributed by atoms with Gasteiger partial charge >= 0.3 is 7.12 Å². The van der Waals surface area contributed by atoms with Crippen LogP contribution in [-0.4, -0.2) is 54.3 Å². The van der Waals surface area contributed by atoms with Crippen molar-refractivity contribution in [2.75, 3.05) is 26.3 Å². The van der Waals surface area contributed by atoms with Gasteiger partial charge in [0.1, 0.15) is 0 Å². The van der Waals surface area contributed by atoms with E-state index in [9.17, 15) is 4.79 Å². The smallest absolute Gasteiger partial charge is 0.423 e. The van der Waals surface area contributed by atoms with Gasteiger partial charge in [0.05, 0.1) is 13.2 Å². The molecule has 2 rings (SSSR count). The van der Waals surface area contributed by atoms with Crippen molar-refractivity contribution in [2.45, 2.75) is 0 Å². The average Bonchev–Trinajstić information content (AvgIpc) is 2.38. The molecule has 7 heteroatoms. The first kappa shape index (κ1) is 13.5. The Labute approximate surface area is 114 Å². The molecule has 1 aliphatic rings. The number of rotatable bonds is 2. The second-order valence-electron chi connectivity index (χ2n) is 4.05. The van der Waals surface area contributed by atoms with Crippen LogP contribution in [0, 0.1) is 0 Å². The largest absolute Gasteiger partial charge is 0.488 e. The lowest BCUT2D eigenvalue weighted by atomic mass is 9.79. The normalized spacial score (nSPS) is 15.6. The minimum Gasteiger partial charge on any atom is -0.423 e. The molecule has 0 saturated carbocycles. The first-order chi connectivity index (χ1) is 8.58. The SMILES string of the molecule is O=C(c1cc(Br)cc(B(O)O)c1)N1CCOCC1. The van der Waals surface area contributed by atoms with E-state index in [2.05, 4.69) is 15.9 Å². The molecule has 1 aromatic rings. The molecular weight excluding hydrogens is 301 g/mol. The molecule has 1 amide bonds. The lowest BCUT2D eigenvalue weighted by molar-refractivity contribution is 0.0303. The van der Waals surface area contributed by atoms with Crippen LogP contribution >= 0.6 is 15.9 Å². The third-order valence-electron chi connectivity index (χ3n) is 2.76. The highest BCUT2D eigenvalue weighted by molar-refractivity contribution is 9.10. The molecule has 18 heavy (non-hydrogen) atoms. The van der Waals surface area contributed by atoms with E-state index in [0.29, 0.717) is 41.8 Å². The number of hydrogen-bond acceptors (Lipinski definition) is 4. The van der Waals surface area contributed by atoms with Gasteiger partial charge in [-0.1, -0.05) is 15.9 Å². The van der Waals surface area contributed by atoms with E-state index < -0.39 is 7.12 Å². The lowest BCUT2D eigenvalue weighted by Crippen LogP contribution is -2.41. The zero-order valence-corrected chi connectivity index (χ0v) is 11.3. The number of halogens is 1. The summed E-state index contributed by atoms with van der Waals surface area (Å²) in [7, 11) is -1.58. The maximum Gasteiger partial charge on any atom is 0.488 e. The van der Waals surface area contributed by atoms with E-state index in [4.69, 9.17) is 14.8 Å². The Morgan fingerprint density at radius 1 is 1.28 bits per heavy atom. The van der Waals surface area contributed by atoms with Crippen LogP contribution in [0.15, 0.2) is 22.7 Å². The Morgan fingerprint density at radius 3 is 2.56 bits per heavy atom. The molecule has 0 bridgehead atoms. The van der Waals surface area contributed by atoms with Gasteiger partial charge in [-0.2, -0.15) is 0 Å². The monoisotopic (exact) mass is 313 g/mol. The number of benzene rings is 1. The van der Waals surface area contributed by atoms with Gasteiger partial charge in [0.15, 0.2) is 0 Å². The van der Waals surface area contributed by atoms with Crippen LogP contribution in [-0.2, 0) is 4.74 Å². The van der Waals surface area contributed by atoms with Crippen LogP contribution in [0.4, 0.5) is 0 Å². The molecule has 1 fully saturated rings. The fraction of sp³-hybridized carbons (Fsp3) is 0.364. The number of morpholine rings is 1. The maximum atomic E-state index is 12.2. The van der Waals surface area contributed by atoms with Gasteiger partial charge in [-0.25, -0.2) is 0 Å². The topological polar surface area (TPSA) is 70.0 Å². The van der Waals surface area contributed by atoms with Crippen LogP contribution in [0.1, 0.15) is 10.4 Å². The molecular formula is C11H13BBrNO4. The van der Waals surface area contributed by atoms with Crippen molar-refractivity contribution in [1.82, 2.24) is 4.90 Å². The summed E-state index contributed by atoms with van der Waals surface area (Å²) >= 11 is 3.26. The maximum absolute atomic E-state index is 12.2. The number of carbonyl (C=O) groups excluding carboxylic acids is 1. The fourth-order valence-electron chi connectivity index (χ4n) is 1.83. The Morgan fingerprint density at radius 2 is 1.94 bits per heavy atom. The second kappa shape index (κ2) is 5.84. The van der Waals surface area contributed by atoms with Gasteiger partial charge in [-0.05, 0) is 23.7 Å². The zero-order chi connectivity index (χ0) is 13.1. The molecule has 0 atom stereocenters. The number of ether oxygens (including phenoxy) is 1. The van der Waals surface area contributed by atoms with Crippen molar-refractivity contribution in [1.29, 1.82) is 0 Å². The molecule has 2 N–H and O–H groups in total. The van der Waals surface area contributed by atoms with Crippen molar-refractivity contribution in [3.05, 3.63) is 28.2 Å². The zero-order valence-electron chi connectivity index (χ0n) is 9.67. The predicted molar refractivity (Wildman–Crippen MR) is 70.7 cm³/mol. The van der Waals surface area contributed by atoms with E-state index in [1.165, 1.54) is 6.07 Å². The van der Waals surface area contributed by atoms with Crippen LogP contribution < -0.4 is 5.46 Å². The Balaban J connectivity index is 2.23. The van der Waals surface area contributed by atoms with E-state index in [1.807, 2.05) is 0 Å². The lowest BCUT2D eigenvalue weighted by Gasteiger charge is -2.27. The van der Waals surface area contributed by atoms with E-state index in [0.717, 1.165) is 0 Å². The standard InChI is InChI=1S/C11H13BBrNO4/c13-10-6-8(5-9(7-10)12(16)17)11(15)14-1-3-18-4-2-14/h5-7,16-17H,1-4H2. The fourth-order valence-corrected chi connectivity index (χ4v) is 2.34. The Bertz CT molecular complexity index is 449. The minimum atomic E-state index is -1.58. The number of nitrogens with zero attached hydrogens (tertiary/aromatic N) is 1. The molecule has 96 valence electrons. The molecule has 0 aromatic heterocycles. The average molecular weight is 314 g/mol. The Hall–Kier alpha value is -0.885. The van der Waals surface area contributed by atoms with Crippen LogP contribution in [0.25, 0.3) is 0 Å². The van der Waals surface area contributed by atoms with Crippen molar-refractivity contribution in [2.24, 2.45) is 0 Å².